The second kappa shape index (κ2) is 2.14. The van der Waals surface area contributed by atoms with Gasteiger partial charge < -0.3 is 0 Å². The first-order valence-electron chi connectivity index (χ1n) is 3.09. The Morgan fingerprint density at radius 1 is 1.56 bits per heavy atom. The number of sulfone groups is 1. The summed E-state index contributed by atoms with van der Waals surface area (Å²) in [6, 6.07) is 0. The van der Waals surface area contributed by atoms with Crippen LogP contribution in [0, 0.1) is 0 Å². The van der Waals surface area contributed by atoms with E-state index in [0.29, 0.717) is 0 Å². The molecule has 1 rings (SSSR count). The standard InChI is InChI=1S/C6H10O2S/c1-2-3-6-4-5-9(6,7)8/h4-6H,2-3H2,1H3. The number of hydrogen-bond acceptors (Lipinski definition) is 2. The highest BCUT2D eigenvalue weighted by molar-refractivity contribution is 7.96. The third-order valence-electron chi connectivity index (χ3n) is 1.48. The Balaban J connectivity index is 2.60. The maximum atomic E-state index is 10.7. The van der Waals surface area contributed by atoms with Crippen molar-refractivity contribution in [2.75, 3.05) is 0 Å². The van der Waals surface area contributed by atoms with Crippen LogP contribution in [-0.4, -0.2) is 13.7 Å². The fraction of sp³-hybridized carbons (Fsp3) is 0.667. The summed E-state index contributed by atoms with van der Waals surface area (Å²) < 4.78 is 21.4. The van der Waals surface area contributed by atoms with Crippen LogP contribution < -0.4 is 0 Å². The SMILES string of the molecule is CCCC1C=CS1(=O)=O. The van der Waals surface area contributed by atoms with E-state index in [9.17, 15) is 8.42 Å². The molecule has 52 valence electrons. The maximum absolute atomic E-state index is 10.7. The molecule has 2 nitrogen and oxygen atoms in total. The molecule has 0 aliphatic carbocycles. The molecular formula is C6H10O2S. The van der Waals surface area contributed by atoms with Crippen LogP contribution in [-0.2, 0) is 9.84 Å². The van der Waals surface area contributed by atoms with Crippen molar-refractivity contribution in [1.82, 2.24) is 0 Å². The molecule has 1 unspecified atom stereocenters. The van der Waals surface area contributed by atoms with Crippen molar-refractivity contribution in [1.29, 1.82) is 0 Å². The molecule has 3 heteroatoms. The lowest BCUT2D eigenvalue weighted by Crippen LogP contribution is -2.23. The zero-order chi connectivity index (χ0) is 6.91. The molecule has 0 N–H and O–H groups in total. The number of hydrogen-bond donors (Lipinski definition) is 0. The van der Waals surface area contributed by atoms with Gasteiger partial charge in [-0.15, -0.1) is 0 Å². The largest absolute Gasteiger partial charge is 0.224 e. The Hall–Kier alpha value is -0.310. The molecule has 0 aromatic heterocycles. The molecule has 1 aliphatic rings. The summed E-state index contributed by atoms with van der Waals surface area (Å²) in [5, 5.41) is 1.12. The lowest BCUT2D eigenvalue weighted by atomic mass is 10.2. The Labute approximate surface area is 55.5 Å². The Morgan fingerprint density at radius 3 is 2.33 bits per heavy atom. The predicted octanol–water partition coefficient (Wildman–Crippen LogP) is 1.10. The molecule has 0 aromatic rings. The molecule has 1 heterocycles. The number of rotatable bonds is 2. The highest BCUT2D eigenvalue weighted by Crippen LogP contribution is 2.20. The van der Waals surface area contributed by atoms with Crippen LogP contribution in [0.2, 0.25) is 0 Å². The van der Waals surface area contributed by atoms with Crippen molar-refractivity contribution in [3.63, 3.8) is 0 Å². The Kier molecular flexibility index (Phi) is 1.62. The molecule has 0 aromatic carbocycles. The first-order chi connectivity index (χ1) is 4.17. The molecule has 0 saturated carbocycles. The van der Waals surface area contributed by atoms with Gasteiger partial charge in [0.25, 0.3) is 0 Å². The van der Waals surface area contributed by atoms with Crippen molar-refractivity contribution in [2.45, 2.75) is 25.0 Å². The second-order valence-electron chi connectivity index (χ2n) is 2.24. The van der Waals surface area contributed by atoms with Gasteiger partial charge in [0.15, 0.2) is 9.84 Å². The van der Waals surface area contributed by atoms with Gasteiger partial charge in [0, 0.05) is 5.41 Å². The van der Waals surface area contributed by atoms with Crippen molar-refractivity contribution in [2.24, 2.45) is 0 Å². The van der Waals surface area contributed by atoms with E-state index in [1.165, 1.54) is 5.41 Å². The van der Waals surface area contributed by atoms with Crippen molar-refractivity contribution < 1.29 is 8.42 Å². The normalized spacial score (nSPS) is 29.7. The van der Waals surface area contributed by atoms with Crippen molar-refractivity contribution >= 4 is 9.84 Å². The minimum absolute atomic E-state index is 0.164. The van der Waals surface area contributed by atoms with Gasteiger partial charge in [-0.3, -0.25) is 0 Å². The minimum Gasteiger partial charge on any atom is -0.224 e. The summed E-state index contributed by atoms with van der Waals surface area (Å²) in [7, 11) is -2.76. The predicted molar refractivity (Wildman–Crippen MR) is 36.8 cm³/mol. The summed E-state index contributed by atoms with van der Waals surface area (Å²) >= 11 is 0. The summed E-state index contributed by atoms with van der Waals surface area (Å²) in [6.45, 7) is 1.99. The third kappa shape index (κ3) is 1.15. The highest BCUT2D eigenvalue weighted by Gasteiger charge is 2.26. The molecule has 0 spiro atoms. The van der Waals surface area contributed by atoms with Gasteiger partial charge in [0.1, 0.15) is 0 Å². The molecular weight excluding hydrogens is 136 g/mol. The lowest BCUT2D eigenvalue weighted by molar-refractivity contribution is 0.585. The van der Waals surface area contributed by atoms with Gasteiger partial charge in [-0.2, -0.15) is 0 Å². The third-order valence-corrected chi connectivity index (χ3v) is 3.25. The van der Waals surface area contributed by atoms with Gasteiger partial charge in [0.2, 0.25) is 0 Å². The van der Waals surface area contributed by atoms with Crippen LogP contribution in [0.25, 0.3) is 0 Å². The molecule has 0 amide bonds. The fourth-order valence-corrected chi connectivity index (χ4v) is 2.06. The average molecular weight is 146 g/mol. The summed E-state index contributed by atoms with van der Waals surface area (Å²) in [4.78, 5) is 0. The molecule has 0 fully saturated rings. The maximum Gasteiger partial charge on any atom is 0.177 e. The Morgan fingerprint density at radius 2 is 2.22 bits per heavy atom. The first kappa shape index (κ1) is 6.81. The highest BCUT2D eigenvalue weighted by atomic mass is 32.2. The van der Waals surface area contributed by atoms with Gasteiger partial charge >= 0.3 is 0 Å². The Bertz CT molecular complexity index is 213. The molecule has 1 aliphatic heterocycles. The van der Waals surface area contributed by atoms with Crippen LogP contribution in [0.1, 0.15) is 19.8 Å². The molecule has 0 saturated heterocycles. The quantitative estimate of drug-likeness (QED) is 0.584. The van der Waals surface area contributed by atoms with E-state index in [1.807, 2.05) is 6.92 Å². The molecule has 9 heavy (non-hydrogen) atoms. The van der Waals surface area contributed by atoms with Crippen LogP contribution in [0.4, 0.5) is 0 Å². The van der Waals surface area contributed by atoms with Gasteiger partial charge in [-0.05, 0) is 6.42 Å². The monoisotopic (exact) mass is 146 g/mol. The summed E-state index contributed by atoms with van der Waals surface area (Å²) in [5.41, 5.74) is 0. The van der Waals surface area contributed by atoms with Crippen LogP contribution >= 0.6 is 0 Å². The second-order valence-corrected chi connectivity index (χ2v) is 4.30. The van der Waals surface area contributed by atoms with Crippen LogP contribution in [0.5, 0.6) is 0 Å². The van der Waals surface area contributed by atoms with Crippen LogP contribution in [0.3, 0.4) is 0 Å². The fourth-order valence-electron chi connectivity index (χ4n) is 0.863. The van der Waals surface area contributed by atoms with E-state index in [0.717, 1.165) is 12.8 Å². The zero-order valence-corrected chi connectivity index (χ0v) is 6.19. The molecule has 0 bridgehead atoms. The van der Waals surface area contributed by atoms with E-state index in [4.69, 9.17) is 0 Å². The topological polar surface area (TPSA) is 34.1 Å². The van der Waals surface area contributed by atoms with E-state index >= 15 is 0 Å². The average Bonchev–Trinajstić information content (AvgIpc) is 1.81. The smallest absolute Gasteiger partial charge is 0.177 e. The minimum atomic E-state index is -2.76. The van der Waals surface area contributed by atoms with E-state index in [2.05, 4.69) is 0 Å². The molecule has 1 atom stereocenters. The van der Waals surface area contributed by atoms with Crippen LogP contribution in [0.15, 0.2) is 11.5 Å². The lowest BCUT2D eigenvalue weighted by Gasteiger charge is -2.16. The molecule has 0 radical (unpaired) electrons. The van der Waals surface area contributed by atoms with Gasteiger partial charge in [0.05, 0.1) is 5.25 Å². The van der Waals surface area contributed by atoms with Gasteiger partial charge in [-0.25, -0.2) is 8.42 Å². The van der Waals surface area contributed by atoms with Gasteiger partial charge in [-0.1, -0.05) is 19.4 Å². The first-order valence-corrected chi connectivity index (χ1v) is 4.70. The van der Waals surface area contributed by atoms with Crippen molar-refractivity contribution in [3.8, 4) is 0 Å². The van der Waals surface area contributed by atoms with E-state index < -0.39 is 9.84 Å². The summed E-state index contributed by atoms with van der Waals surface area (Å²) in [5.74, 6) is 0. The zero-order valence-electron chi connectivity index (χ0n) is 5.37. The van der Waals surface area contributed by atoms with E-state index in [1.54, 1.807) is 6.08 Å². The van der Waals surface area contributed by atoms with E-state index in [-0.39, 0.29) is 5.25 Å². The van der Waals surface area contributed by atoms with Crippen molar-refractivity contribution in [3.05, 3.63) is 11.5 Å². The summed E-state index contributed by atoms with van der Waals surface area (Å²) in [6.07, 6.45) is 3.46.